The van der Waals surface area contributed by atoms with Gasteiger partial charge in [-0.3, -0.25) is 0 Å². The van der Waals surface area contributed by atoms with Crippen molar-refractivity contribution in [2.24, 2.45) is 0 Å². The lowest BCUT2D eigenvalue weighted by molar-refractivity contribution is -0.134. The molecule has 0 amide bonds. The fraction of sp³-hybridized carbons (Fsp3) is 1.00. The van der Waals surface area contributed by atoms with E-state index in [1.807, 2.05) is 0 Å². The fourth-order valence-corrected chi connectivity index (χ4v) is 3.32. The monoisotopic (exact) mass is 361 g/mol. The summed E-state index contributed by atoms with van der Waals surface area (Å²) >= 11 is 2.90. The molecule has 0 radical (unpaired) electrons. The van der Waals surface area contributed by atoms with Gasteiger partial charge in [0.05, 0.1) is 12.3 Å². The molecule has 18 heavy (non-hydrogen) atoms. The molecule has 0 heterocycles. The molecule has 0 aliphatic rings. The molecule has 0 aliphatic carbocycles. The summed E-state index contributed by atoms with van der Waals surface area (Å²) in [5, 5.41) is 0.137. The third kappa shape index (κ3) is 8.20. The van der Waals surface area contributed by atoms with Gasteiger partial charge in [-0.15, -0.1) is 0 Å². The van der Waals surface area contributed by atoms with Crippen LogP contribution in [0.5, 0.6) is 0 Å². The van der Waals surface area contributed by atoms with Gasteiger partial charge >= 0.3 is 6.18 Å². The average molecular weight is 362 g/mol. The molecule has 0 saturated carbocycles. The maximum Gasteiger partial charge on any atom is 0.389 e. The number of alkyl halides is 6. The smallest absolute Gasteiger partial charge is 0.212 e. The van der Waals surface area contributed by atoms with Crippen molar-refractivity contribution in [3.63, 3.8) is 0 Å². The van der Waals surface area contributed by atoms with Gasteiger partial charge in [-0.1, -0.05) is 15.9 Å². The third-order valence-corrected chi connectivity index (χ3v) is 4.21. The van der Waals surface area contributed by atoms with E-state index >= 15 is 0 Å². The molecule has 0 unspecified atom stereocenters. The van der Waals surface area contributed by atoms with Crippen molar-refractivity contribution in [3.05, 3.63) is 0 Å². The van der Waals surface area contributed by atoms with Crippen LogP contribution in [0.3, 0.4) is 0 Å². The normalized spacial score (nSPS) is 13.6. The minimum absolute atomic E-state index is 0.137. The summed E-state index contributed by atoms with van der Waals surface area (Å²) < 4.78 is 83.5. The molecule has 0 spiro atoms. The molecule has 3 nitrogen and oxygen atoms in total. The standard InChI is InChI=1S/C8H13BrF5NO2S/c9-3-4-15(6-7(10)11)18(16,17)5-1-2-8(12,13)14/h7H,1-6H2. The largest absolute Gasteiger partial charge is 0.389 e. The maximum absolute atomic E-state index is 12.1. The Balaban J connectivity index is 4.46. The number of hydrogen-bond acceptors (Lipinski definition) is 2. The highest BCUT2D eigenvalue weighted by Crippen LogP contribution is 2.22. The van der Waals surface area contributed by atoms with Crippen LogP contribution in [-0.2, 0) is 10.0 Å². The van der Waals surface area contributed by atoms with Crippen molar-refractivity contribution in [2.75, 3.05) is 24.2 Å². The van der Waals surface area contributed by atoms with Crippen molar-refractivity contribution < 1.29 is 30.4 Å². The zero-order chi connectivity index (χ0) is 14.4. The number of hydrogen-bond donors (Lipinski definition) is 0. The van der Waals surface area contributed by atoms with Gasteiger partial charge in [0.25, 0.3) is 6.43 Å². The molecule has 0 fully saturated rings. The molecule has 10 heteroatoms. The van der Waals surface area contributed by atoms with Crippen LogP contribution in [0, 0.1) is 0 Å². The minimum atomic E-state index is -4.45. The Hall–Kier alpha value is 0.0400. The summed E-state index contributed by atoms with van der Waals surface area (Å²) in [4.78, 5) is 0. The molecule has 0 saturated heterocycles. The SMILES string of the molecule is O=S(=O)(CCCC(F)(F)F)N(CCBr)CC(F)F. The van der Waals surface area contributed by atoms with Gasteiger partial charge in [0, 0.05) is 18.3 Å². The van der Waals surface area contributed by atoms with E-state index in [0.29, 0.717) is 4.31 Å². The van der Waals surface area contributed by atoms with Crippen molar-refractivity contribution in [2.45, 2.75) is 25.4 Å². The van der Waals surface area contributed by atoms with Crippen LogP contribution >= 0.6 is 15.9 Å². The molecule has 0 bridgehead atoms. The van der Waals surface area contributed by atoms with Crippen LogP contribution in [0.15, 0.2) is 0 Å². The minimum Gasteiger partial charge on any atom is -0.212 e. The van der Waals surface area contributed by atoms with Crippen molar-refractivity contribution in [1.82, 2.24) is 4.31 Å². The van der Waals surface area contributed by atoms with E-state index in [-0.39, 0.29) is 11.9 Å². The Bertz CT molecular complexity index is 333. The first-order valence-electron chi connectivity index (χ1n) is 4.97. The highest BCUT2D eigenvalue weighted by molar-refractivity contribution is 9.09. The van der Waals surface area contributed by atoms with Gasteiger partial charge in [0.2, 0.25) is 10.0 Å². The first-order chi connectivity index (χ1) is 8.08. The van der Waals surface area contributed by atoms with Gasteiger partial charge in [-0.05, 0) is 6.42 Å². The summed E-state index contributed by atoms with van der Waals surface area (Å²) in [5.41, 5.74) is 0. The number of rotatable bonds is 8. The van der Waals surface area contributed by atoms with E-state index in [2.05, 4.69) is 15.9 Å². The van der Waals surface area contributed by atoms with Crippen molar-refractivity contribution in [1.29, 1.82) is 0 Å². The van der Waals surface area contributed by atoms with Gasteiger partial charge in [0.15, 0.2) is 0 Å². The second kappa shape index (κ2) is 7.59. The topological polar surface area (TPSA) is 37.4 Å². The molecule has 0 aliphatic heterocycles. The first-order valence-corrected chi connectivity index (χ1v) is 7.70. The van der Waals surface area contributed by atoms with Crippen LogP contribution in [-0.4, -0.2) is 49.5 Å². The van der Waals surface area contributed by atoms with Crippen LogP contribution in [0.1, 0.15) is 12.8 Å². The van der Waals surface area contributed by atoms with E-state index in [1.165, 1.54) is 0 Å². The molecule has 0 aromatic carbocycles. The van der Waals surface area contributed by atoms with Crippen molar-refractivity contribution in [3.8, 4) is 0 Å². The van der Waals surface area contributed by atoms with Crippen LogP contribution in [0.25, 0.3) is 0 Å². The van der Waals surface area contributed by atoms with Gasteiger partial charge < -0.3 is 0 Å². The Labute approximate surface area is 111 Å². The van der Waals surface area contributed by atoms with Gasteiger partial charge in [-0.25, -0.2) is 17.2 Å². The predicted octanol–water partition coefficient (Wildman–Crippen LogP) is 2.62. The van der Waals surface area contributed by atoms with E-state index in [1.54, 1.807) is 0 Å². The molecule has 0 rings (SSSR count). The summed E-state index contributed by atoms with van der Waals surface area (Å²) in [6, 6.07) is 0. The first kappa shape index (κ1) is 18.0. The highest BCUT2D eigenvalue weighted by Gasteiger charge is 2.29. The lowest BCUT2D eigenvalue weighted by Gasteiger charge is -2.20. The Kier molecular flexibility index (Phi) is 7.60. The molecule has 110 valence electrons. The summed E-state index contributed by atoms with van der Waals surface area (Å²) in [6.45, 7) is -1.20. The summed E-state index contributed by atoms with van der Waals surface area (Å²) in [7, 11) is -4.08. The van der Waals surface area contributed by atoms with Gasteiger partial charge in [-0.2, -0.15) is 17.5 Å². The number of nitrogens with zero attached hydrogens (tertiary/aromatic N) is 1. The molecule has 0 aromatic heterocycles. The lowest BCUT2D eigenvalue weighted by Crippen LogP contribution is -2.38. The second-order valence-corrected chi connectivity index (χ2v) is 6.35. The van der Waals surface area contributed by atoms with Crippen LogP contribution in [0.4, 0.5) is 22.0 Å². The molecular weight excluding hydrogens is 349 g/mol. The second-order valence-electron chi connectivity index (χ2n) is 3.47. The maximum atomic E-state index is 12.1. The average Bonchev–Trinajstić information content (AvgIpc) is 2.13. The Morgan fingerprint density at radius 2 is 1.78 bits per heavy atom. The zero-order valence-electron chi connectivity index (χ0n) is 9.26. The predicted molar refractivity (Wildman–Crippen MR) is 60.4 cm³/mol. The van der Waals surface area contributed by atoms with Gasteiger partial charge in [0.1, 0.15) is 0 Å². The Morgan fingerprint density at radius 1 is 1.22 bits per heavy atom. The molecular formula is C8H13BrF5NO2S. The third-order valence-electron chi connectivity index (χ3n) is 1.93. The number of sulfonamides is 1. The fourth-order valence-electron chi connectivity index (χ4n) is 1.18. The molecule has 0 aromatic rings. The number of halogens is 6. The van der Waals surface area contributed by atoms with E-state index in [0.717, 1.165) is 0 Å². The lowest BCUT2D eigenvalue weighted by atomic mass is 10.3. The summed E-state index contributed by atoms with van der Waals surface area (Å²) in [5.74, 6) is -0.785. The quantitative estimate of drug-likeness (QED) is 0.492. The Morgan fingerprint density at radius 3 is 2.17 bits per heavy atom. The molecule has 0 atom stereocenters. The summed E-state index contributed by atoms with van der Waals surface area (Å²) in [6.07, 6.45) is -9.18. The van der Waals surface area contributed by atoms with Crippen molar-refractivity contribution >= 4 is 26.0 Å². The molecule has 0 N–H and O–H groups in total. The van der Waals surface area contributed by atoms with E-state index < -0.39 is 47.8 Å². The zero-order valence-corrected chi connectivity index (χ0v) is 11.7. The highest BCUT2D eigenvalue weighted by atomic mass is 79.9. The van der Waals surface area contributed by atoms with E-state index in [4.69, 9.17) is 0 Å². The van der Waals surface area contributed by atoms with Crippen LogP contribution in [0.2, 0.25) is 0 Å². The van der Waals surface area contributed by atoms with E-state index in [9.17, 15) is 30.4 Å². The van der Waals surface area contributed by atoms with Crippen LogP contribution < -0.4 is 0 Å².